The van der Waals surface area contributed by atoms with E-state index in [2.05, 4.69) is 24.4 Å². The van der Waals surface area contributed by atoms with Gasteiger partial charge in [0.05, 0.1) is 18.9 Å². The molecule has 0 heterocycles. The lowest BCUT2D eigenvalue weighted by Crippen LogP contribution is -2.21. The minimum absolute atomic E-state index is 0.306. The molecule has 0 bridgehead atoms. The number of hydrogen-bond donors (Lipinski definition) is 0. The molecule has 18 heavy (non-hydrogen) atoms. The van der Waals surface area contributed by atoms with Crippen molar-refractivity contribution in [2.24, 2.45) is 0 Å². The molecule has 0 aliphatic rings. The van der Waals surface area contributed by atoms with Crippen LogP contribution in [0.5, 0.6) is 0 Å². The number of carbonyl (C=O) groups is 1. The Kier molecular flexibility index (Phi) is 5.16. The molecule has 0 N–H and O–H groups in total. The van der Waals surface area contributed by atoms with Gasteiger partial charge in [0.1, 0.15) is 0 Å². The van der Waals surface area contributed by atoms with E-state index in [0.717, 1.165) is 12.0 Å². The average molecular weight is 264 g/mol. The van der Waals surface area contributed by atoms with Gasteiger partial charge in [-0.1, -0.05) is 12.1 Å². The summed E-state index contributed by atoms with van der Waals surface area (Å²) in [4.78, 5) is 11.4. The summed E-state index contributed by atoms with van der Waals surface area (Å²) >= 11 is 0. The molecule has 0 fully saturated rings. The third-order valence-electron chi connectivity index (χ3n) is 2.22. The maximum atomic E-state index is 11.4. The van der Waals surface area contributed by atoms with Crippen LogP contribution in [0.1, 0.15) is 15.9 Å². The van der Waals surface area contributed by atoms with Gasteiger partial charge in [-0.3, -0.25) is 0 Å². The van der Waals surface area contributed by atoms with E-state index in [1.165, 1.54) is 7.11 Å². The maximum absolute atomic E-state index is 11.4. The maximum Gasteiger partial charge on any atom is 0.337 e. The molecule has 4 heteroatoms. The summed E-state index contributed by atoms with van der Waals surface area (Å²) in [6.07, 6.45) is 4.47. The summed E-state index contributed by atoms with van der Waals surface area (Å²) in [5.41, 5.74) is 1.64. The van der Waals surface area contributed by atoms with Crippen molar-refractivity contribution in [1.29, 1.82) is 0 Å². The van der Waals surface area contributed by atoms with Crippen molar-refractivity contribution in [2.75, 3.05) is 7.11 Å². The number of esters is 1. The molecule has 0 atom stereocenters. The van der Waals surface area contributed by atoms with Gasteiger partial charge in [0.2, 0.25) is 8.32 Å². The second kappa shape index (κ2) is 6.40. The van der Waals surface area contributed by atoms with Gasteiger partial charge in [-0.15, -0.1) is 0 Å². The Balaban J connectivity index is 2.60. The summed E-state index contributed by atoms with van der Waals surface area (Å²) in [5.74, 6) is -0.306. The molecule has 0 aromatic heterocycles. The van der Waals surface area contributed by atoms with Crippen LogP contribution in [-0.2, 0) is 15.6 Å². The zero-order valence-electron chi connectivity index (χ0n) is 11.4. The number of rotatable bonds is 5. The molecular formula is C14H20O3Si. The summed E-state index contributed by atoms with van der Waals surface area (Å²) in [5, 5.41) is 0. The molecule has 0 aliphatic carbocycles. The molecule has 1 aromatic carbocycles. The Morgan fingerprint density at radius 2 is 2.06 bits per heavy atom. The Morgan fingerprint density at radius 1 is 1.33 bits per heavy atom. The van der Waals surface area contributed by atoms with Crippen LogP contribution in [-0.4, -0.2) is 21.4 Å². The van der Waals surface area contributed by atoms with Gasteiger partial charge in [-0.2, -0.15) is 0 Å². The van der Waals surface area contributed by atoms with Crippen LogP contribution in [0.4, 0.5) is 0 Å². The molecule has 0 saturated heterocycles. The van der Waals surface area contributed by atoms with Crippen LogP contribution in [0.25, 0.3) is 0 Å². The van der Waals surface area contributed by atoms with E-state index in [0.29, 0.717) is 5.56 Å². The van der Waals surface area contributed by atoms with E-state index < -0.39 is 8.32 Å². The van der Waals surface area contributed by atoms with Crippen molar-refractivity contribution in [3.8, 4) is 0 Å². The van der Waals surface area contributed by atoms with Crippen molar-refractivity contribution < 1.29 is 14.0 Å². The Hall–Kier alpha value is -1.55. The topological polar surface area (TPSA) is 35.5 Å². The van der Waals surface area contributed by atoms with Crippen molar-refractivity contribution in [2.45, 2.75) is 26.1 Å². The van der Waals surface area contributed by atoms with E-state index >= 15 is 0 Å². The molecule has 1 aromatic rings. The number of allylic oxidation sites excluding steroid dienone is 1. The van der Waals surface area contributed by atoms with Crippen LogP contribution in [0, 0.1) is 0 Å². The van der Waals surface area contributed by atoms with Crippen LogP contribution in [0.15, 0.2) is 36.6 Å². The van der Waals surface area contributed by atoms with Gasteiger partial charge in [0, 0.05) is 0 Å². The van der Waals surface area contributed by atoms with E-state index in [1.807, 2.05) is 24.3 Å². The van der Waals surface area contributed by atoms with Crippen molar-refractivity contribution in [3.63, 3.8) is 0 Å². The van der Waals surface area contributed by atoms with E-state index in [4.69, 9.17) is 4.43 Å². The molecule has 3 nitrogen and oxygen atoms in total. The highest BCUT2D eigenvalue weighted by Gasteiger charge is 2.12. The first-order valence-corrected chi connectivity index (χ1v) is 9.33. The highest BCUT2D eigenvalue weighted by Crippen LogP contribution is 2.09. The monoisotopic (exact) mass is 264 g/mol. The number of hydrogen-bond acceptors (Lipinski definition) is 3. The first kappa shape index (κ1) is 14.5. The van der Waals surface area contributed by atoms with Crippen LogP contribution >= 0.6 is 0 Å². The van der Waals surface area contributed by atoms with Gasteiger partial charge in [-0.25, -0.2) is 4.79 Å². The summed E-state index contributed by atoms with van der Waals surface area (Å²) in [7, 11) is -0.105. The fourth-order valence-electron chi connectivity index (χ4n) is 1.38. The standard InChI is InChI=1S/C14H20O3Si/c1-16-14(15)13-9-5-7-12(11-13)8-6-10-17-18(2,3)4/h5-7,9-11H,8H2,1-4H3. The second-order valence-corrected chi connectivity index (χ2v) is 9.46. The largest absolute Gasteiger partial charge is 0.550 e. The minimum Gasteiger partial charge on any atom is -0.550 e. The van der Waals surface area contributed by atoms with E-state index in [9.17, 15) is 4.79 Å². The summed E-state index contributed by atoms with van der Waals surface area (Å²) in [6.45, 7) is 6.40. The van der Waals surface area contributed by atoms with Crippen LogP contribution < -0.4 is 0 Å². The van der Waals surface area contributed by atoms with Gasteiger partial charge >= 0.3 is 5.97 Å². The predicted molar refractivity (Wildman–Crippen MR) is 75.1 cm³/mol. The zero-order valence-corrected chi connectivity index (χ0v) is 12.4. The SMILES string of the molecule is COC(=O)c1cccc(CC=CO[Si](C)(C)C)c1. The molecular weight excluding hydrogens is 244 g/mol. The molecule has 0 radical (unpaired) electrons. The van der Waals surface area contributed by atoms with Gasteiger partial charge in [-0.05, 0) is 49.8 Å². The Morgan fingerprint density at radius 3 is 2.67 bits per heavy atom. The normalized spacial score (nSPS) is 11.6. The molecule has 1 rings (SSSR count). The van der Waals surface area contributed by atoms with Crippen molar-refractivity contribution >= 4 is 14.3 Å². The lowest BCUT2D eigenvalue weighted by Gasteiger charge is -2.14. The molecule has 0 spiro atoms. The summed E-state index contributed by atoms with van der Waals surface area (Å²) < 4.78 is 10.3. The molecule has 0 aliphatic heterocycles. The van der Waals surface area contributed by atoms with Crippen LogP contribution in [0.3, 0.4) is 0 Å². The van der Waals surface area contributed by atoms with Crippen LogP contribution in [0.2, 0.25) is 19.6 Å². The van der Waals surface area contributed by atoms with Gasteiger partial charge < -0.3 is 9.16 Å². The highest BCUT2D eigenvalue weighted by molar-refractivity contribution is 6.69. The smallest absolute Gasteiger partial charge is 0.337 e. The fourth-order valence-corrected chi connectivity index (χ4v) is 1.88. The van der Waals surface area contributed by atoms with Crippen molar-refractivity contribution in [1.82, 2.24) is 0 Å². The van der Waals surface area contributed by atoms with Gasteiger partial charge in [0.25, 0.3) is 0 Å². The number of benzene rings is 1. The van der Waals surface area contributed by atoms with Gasteiger partial charge in [0.15, 0.2) is 0 Å². The molecule has 0 amide bonds. The predicted octanol–water partition coefficient (Wildman–Crippen LogP) is 3.38. The van der Waals surface area contributed by atoms with Crippen molar-refractivity contribution in [3.05, 3.63) is 47.7 Å². The molecule has 0 unspecified atom stereocenters. The lowest BCUT2D eigenvalue weighted by molar-refractivity contribution is 0.0600. The first-order valence-electron chi connectivity index (χ1n) is 5.92. The first-order chi connectivity index (χ1) is 8.42. The number of carbonyl (C=O) groups excluding carboxylic acids is 1. The quantitative estimate of drug-likeness (QED) is 0.464. The second-order valence-electron chi connectivity index (χ2n) is 5.00. The number of ether oxygens (including phenoxy) is 1. The fraction of sp³-hybridized carbons (Fsp3) is 0.357. The third-order valence-corrected chi connectivity index (χ3v) is 3.06. The van der Waals surface area contributed by atoms with E-state index in [1.54, 1.807) is 12.3 Å². The number of methoxy groups -OCH3 is 1. The molecule has 0 saturated carbocycles. The Bertz CT molecular complexity index is 433. The third kappa shape index (κ3) is 5.18. The minimum atomic E-state index is -1.49. The highest BCUT2D eigenvalue weighted by atomic mass is 28.4. The lowest BCUT2D eigenvalue weighted by atomic mass is 10.1. The zero-order chi connectivity index (χ0) is 13.6. The summed E-state index contributed by atoms with van der Waals surface area (Å²) in [6, 6.07) is 7.42. The van der Waals surface area contributed by atoms with E-state index in [-0.39, 0.29) is 5.97 Å². The Labute approximate surface area is 110 Å². The molecule has 98 valence electrons. The average Bonchev–Trinajstić information content (AvgIpc) is 2.33.